The zero-order valence-electron chi connectivity index (χ0n) is 14.9. The van der Waals surface area contributed by atoms with Gasteiger partial charge < -0.3 is 4.57 Å². The van der Waals surface area contributed by atoms with Crippen molar-refractivity contribution in [1.29, 1.82) is 0 Å². The monoisotopic (exact) mass is 387 g/mol. The molecule has 0 aliphatic carbocycles. The summed E-state index contributed by atoms with van der Waals surface area (Å²) in [6, 6.07) is 3.87. The Morgan fingerprint density at radius 1 is 1.35 bits per heavy atom. The molecule has 0 amide bonds. The number of hydrogen-bond donors (Lipinski definition) is 0. The molecule has 0 N–H and O–H groups in total. The molecule has 0 saturated heterocycles. The number of rotatable bonds is 9. The van der Waals surface area contributed by atoms with Crippen LogP contribution in [0.1, 0.15) is 30.5 Å². The third-order valence-electron chi connectivity index (χ3n) is 3.75. The molecule has 0 spiro atoms. The fourth-order valence-electron chi connectivity index (χ4n) is 2.47. The molecule has 3 rings (SSSR count). The molecule has 0 unspecified atom stereocenters. The minimum Gasteiger partial charge on any atom is -0.302 e. The molecule has 0 aliphatic rings. The van der Waals surface area contributed by atoms with Gasteiger partial charge in [0.2, 0.25) is 0 Å². The first-order chi connectivity index (χ1) is 12.7. The van der Waals surface area contributed by atoms with Gasteiger partial charge in [-0.2, -0.15) is 0 Å². The maximum Gasteiger partial charge on any atom is 0.191 e. The average molecular weight is 388 g/mol. The highest BCUT2D eigenvalue weighted by molar-refractivity contribution is 7.99. The molecule has 8 heteroatoms. The Hall–Kier alpha value is -2.06. The van der Waals surface area contributed by atoms with Crippen LogP contribution in [0.3, 0.4) is 0 Å². The predicted octanol–water partition coefficient (Wildman–Crippen LogP) is 3.81. The van der Waals surface area contributed by atoms with Crippen LogP contribution in [-0.4, -0.2) is 36.3 Å². The number of aryl methyl sites for hydroxylation is 1. The standard InChI is InChI=1S/C18H21N5OS2/c1-3-4-8-23-17(14-6-5-7-19-10-14)21-22-18(23)26-12-15(24)9-16-20-13(2)11-25-16/h5-7,10-11H,3-4,8-9,12H2,1-2H3. The van der Waals surface area contributed by atoms with E-state index in [1.807, 2.05) is 24.4 Å². The van der Waals surface area contributed by atoms with Gasteiger partial charge in [0.25, 0.3) is 0 Å². The normalized spacial score (nSPS) is 11.0. The highest BCUT2D eigenvalue weighted by Gasteiger charge is 2.16. The molecule has 0 radical (unpaired) electrons. The van der Waals surface area contributed by atoms with Crippen LogP contribution in [0.25, 0.3) is 11.4 Å². The first kappa shape index (κ1) is 18.7. The number of hydrogen-bond acceptors (Lipinski definition) is 7. The molecule has 0 bridgehead atoms. The van der Waals surface area contributed by atoms with Crippen LogP contribution in [0.15, 0.2) is 35.1 Å². The van der Waals surface area contributed by atoms with E-state index in [4.69, 9.17) is 0 Å². The van der Waals surface area contributed by atoms with Gasteiger partial charge >= 0.3 is 0 Å². The molecule has 0 atom stereocenters. The first-order valence-electron chi connectivity index (χ1n) is 8.56. The Morgan fingerprint density at radius 2 is 2.23 bits per heavy atom. The number of aromatic nitrogens is 5. The van der Waals surface area contributed by atoms with Crippen LogP contribution < -0.4 is 0 Å². The van der Waals surface area contributed by atoms with Crippen LogP contribution in [0.2, 0.25) is 0 Å². The van der Waals surface area contributed by atoms with Gasteiger partial charge in [0, 0.05) is 35.6 Å². The molecule has 0 aliphatic heterocycles. The second-order valence-electron chi connectivity index (χ2n) is 5.94. The number of carbonyl (C=O) groups is 1. The van der Waals surface area contributed by atoms with Gasteiger partial charge in [-0.3, -0.25) is 9.78 Å². The van der Waals surface area contributed by atoms with E-state index in [1.54, 1.807) is 12.4 Å². The summed E-state index contributed by atoms with van der Waals surface area (Å²) in [5, 5.41) is 12.3. The van der Waals surface area contributed by atoms with E-state index in [1.165, 1.54) is 23.1 Å². The highest BCUT2D eigenvalue weighted by atomic mass is 32.2. The minimum atomic E-state index is 0.150. The second-order valence-corrected chi connectivity index (χ2v) is 7.82. The Kier molecular flexibility index (Phi) is 6.51. The second kappa shape index (κ2) is 9.05. The minimum absolute atomic E-state index is 0.150. The molecule has 3 aromatic heterocycles. The molecule has 0 saturated carbocycles. The van der Waals surface area contributed by atoms with Crippen molar-refractivity contribution in [2.24, 2.45) is 0 Å². The first-order valence-corrected chi connectivity index (χ1v) is 10.4. The zero-order valence-corrected chi connectivity index (χ0v) is 16.5. The Morgan fingerprint density at radius 3 is 2.92 bits per heavy atom. The lowest BCUT2D eigenvalue weighted by atomic mass is 10.2. The summed E-state index contributed by atoms with van der Waals surface area (Å²) in [7, 11) is 0. The molecule has 26 heavy (non-hydrogen) atoms. The van der Waals surface area contributed by atoms with Gasteiger partial charge in [-0.15, -0.1) is 21.5 Å². The lowest BCUT2D eigenvalue weighted by Crippen LogP contribution is -2.08. The summed E-state index contributed by atoms with van der Waals surface area (Å²) < 4.78 is 2.09. The van der Waals surface area contributed by atoms with E-state index in [2.05, 4.69) is 31.7 Å². The topological polar surface area (TPSA) is 73.6 Å². The van der Waals surface area contributed by atoms with Gasteiger partial charge in [0.15, 0.2) is 11.0 Å². The SMILES string of the molecule is CCCCn1c(SCC(=O)Cc2nc(C)cs2)nnc1-c1cccnc1. The van der Waals surface area contributed by atoms with Gasteiger partial charge in [-0.25, -0.2) is 4.98 Å². The van der Waals surface area contributed by atoms with Crippen LogP contribution in [-0.2, 0) is 17.8 Å². The van der Waals surface area contributed by atoms with E-state index in [0.29, 0.717) is 12.2 Å². The van der Waals surface area contributed by atoms with E-state index in [-0.39, 0.29) is 5.78 Å². The summed E-state index contributed by atoms with van der Waals surface area (Å²) in [5.74, 6) is 1.32. The van der Waals surface area contributed by atoms with Crippen molar-refractivity contribution in [3.8, 4) is 11.4 Å². The molecular weight excluding hydrogens is 366 g/mol. The van der Waals surface area contributed by atoms with Crippen LogP contribution in [0.4, 0.5) is 0 Å². The number of pyridine rings is 1. The summed E-state index contributed by atoms with van der Waals surface area (Å²) in [6.45, 7) is 4.92. The van der Waals surface area contributed by atoms with Crippen molar-refractivity contribution < 1.29 is 4.79 Å². The molecular formula is C18H21N5OS2. The van der Waals surface area contributed by atoms with Crippen LogP contribution in [0.5, 0.6) is 0 Å². The summed E-state index contributed by atoms with van der Waals surface area (Å²) >= 11 is 2.98. The van der Waals surface area contributed by atoms with Gasteiger partial charge in [0.1, 0.15) is 10.8 Å². The third-order valence-corrected chi connectivity index (χ3v) is 5.74. The Bertz CT molecular complexity index is 860. The maximum atomic E-state index is 12.3. The van der Waals surface area contributed by atoms with E-state index in [9.17, 15) is 4.79 Å². The number of carbonyl (C=O) groups excluding carboxylic acids is 1. The number of nitrogens with zero attached hydrogens (tertiary/aromatic N) is 5. The molecule has 0 aromatic carbocycles. The maximum absolute atomic E-state index is 12.3. The summed E-state index contributed by atoms with van der Waals surface area (Å²) in [4.78, 5) is 20.8. The van der Waals surface area contributed by atoms with Crippen molar-refractivity contribution in [2.75, 3.05) is 5.75 Å². The zero-order chi connectivity index (χ0) is 18.4. The van der Waals surface area contributed by atoms with Crippen LogP contribution in [0, 0.1) is 6.92 Å². The van der Waals surface area contributed by atoms with E-state index in [0.717, 1.165) is 46.6 Å². The van der Waals surface area contributed by atoms with E-state index >= 15 is 0 Å². The van der Waals surface area contributed by atoms with Crippen molar-refractivity contribution in [1.82, 2.24) is 24.7 Å². The molecule has 0 fully saturated rings. The lowest BCUT2D eigenvalue weighted by Gasteiger charge is -2.09. The third kappa shape index (κ3) is 4.76. The number of unbranched alkanes of at least 4 members (excludes halogenated alkanes) is 1. The number of ketones is 1. The quantitative estimate of drug-likeness (QED) is 0.520. The van der Waals surface area contributed by atoms with E-state index < -0.39 is 0 Å². The molecule has 136 valence electrons. The molecule has 3 heterocycles. The number of thiazole rings is 1. The fourth-order valence-corrected chi connectivity index (χ4v) is 4.10. The lowest BCUT2D eigenvalue weighted by molar-refractivity contribution is -0.116. The Balaban J connectivity index is 1.70. The molecule has 6 nitrogen and oxygen atoms in total. The average Bonchev–Trinajstić information content (AvgIpc) is 3.24. The van der Waals surface area contributed by atoms with Crippen molar-refractivity contribution in [2.45, 2.75) is 44.8 Å². The van der Waals surface area contributed by atoms with Crippen molar-refractivity contribution in [3.63, 3.8) is 0 Å². The predicted molar refractivity (Wildman–Crippen MR) is 104 cm³/mol. The van der Waals surface area contributed by atoms with Gasteiger partial charge in [-0.05, 0) is 25.5 Å². The number of thioether (sulfide) groups is 1. The van der Waals surface area contributed by atoms with Crippen molar-refractivity contribution in [3.05, 3.63) is 40.6 Å². The van der Waals surface area contributed by atoms with Crippen LogP contribution >= 0.6 is 23.1 Å². The number of Topliss-reactive ketones (excluding diaryl/α,β-unsaturated/α-hetero) is 1. The molecule has 3 aromatic rings. The summed E-state index contributed by atoms with van der Waals surface area (Å²) in [5.41, 5.74) is 1.90. The highest BCUT2D eigenvalue weighted by Crippen LogP contribution is 2.24. The van der Waals surface area contributed by atoms with Crippen molar-refractivity contribution >= 4 is 28.9 Å². The van der Waals surface area contributed by atoms with Gasteiger partial charge in [0.05, 0.1) is 12.2 Å². The largest absolute Gasteiger partial charge is 0.302 e. The fraction of sp³-hybridized carbons (Fsp3) is 0.389. The van der Waals surface area contributed by atoms with Gasteiger partial charge in [-0.1, -0.05) is 25.1 Å². The Labute approximate surface area is 161 Å². The smallest absolute Gasteiger partial charge is 0.191 e. The summed E-state index contributed by atoms with van der Waals surface area (Å²) in [6.07, 6.45) is 6.02.